The van der Waals surface area contributed by atoms with E-state index in [1.807, 2.05) is 24.3 Å². The standard InChI is InChI=1S/C16H16N4O3/c1-11(23-15(21)6-8-20-9-7-18-19-20)16(22)13-10-17-14-5-3-2-4-12(13)14/h2-5,7,9-11,17H,6,8H2,1H3/t11-/m0/s1. The summed E-state index contributed by atoms with van der Waals surface area (Å²) in [5.41, 5.74) is 1.40. The molecule has 2 aromatic heterocycles. The topological polar surface area (TPSA) is 89.9 Å². The summed E-state index contributed by atoms with van der Waals surface area (Å²) >= 11 is 0. The number of aromatic amines is 1. The van der Waals surface area contributed by atoms with E-state index < -0.39 is 12.1 Å². The Bertz CT molecular complexity index is 823. The number of nitrogens with zero attached hydrogens (tertiary/aromatic N) is 3. The second-order valence-electron chi connectivity index (χ2n) is 5.16. The lowest BCUT2D eigenvalue weighted by Crippen LogP contribution is -2.24. The minimum absolute atomic E-state index is 0.134. The van der Waals surface area contributed by atoms with Gasteiger partial charge in [-0.05, 0) is 13.0 Å². The molecule has 0 fully saturated rings. The number of hydrogen-bond acceptors (Lipinski definition) is 5. The van der Waals surface area contributed by atoms with Crippen molar-refractivity contribution in [1.29, 1.82) is 0 Å². The number of ether oxygens (including phenoxy) is 1. The highest BCUT2D eigenvalue weighted by Gasteiger charge is 2.22. The van der Waals surface area contributed by atoms with Crippen LogP contribution in [0.3, 0.4) is 0 Å². The van der Waals surface area contributed by atoms with Gasteiger partial charge in [0.1, 0.15) is 0 Å². The number of para-hydroxylation sites is 1. The third-order valence-electron chi connectivity index (χ3n) is 3.55. The van der Waals surface area contributed by atoms with Crippen LogP contribution in [-0.4, -0.2) is 37.8 Å². The predicted octanol–water partition coefficient (Wildman–Crippen LogP) is 1.96. The number of carbonyl (C=O) groups is 2. The number of esters is 1. The molecule has 23 heavy (non-hydrogen) atoms. The number of ketones is 1. The molecular formula is C16H16N4O3. The van der Waals surface area contributed by atoms with Gasteiger partial charge in [-0.15, -0.1) is 5.10 Å². The van der Waals surface area contributed by atoms with E-state index >= 15 is 0 Å². The fraction of sp³-hybridized carbons (Fsp3) is 0.250. The highest BCUT2D eigenvalue weighted by Crippen LogP contribution is 2.20. The van der Waals surface area contributed by atoms with Crippen LogP contribution < -0.4 is 0 Å². The summed E-state index contributed by atoms with van der Waals surface area (Å²) < 4.78 is 6.75. The molecule has 3 rings (SSSR count). The van der Waals surface area contributed by atoms with E-state index in [1.54, 1.807) is 19.3 Å². The maximum absolute atomic E-state index is 12.5. The second-order valence-corrected chi connectivity index (χ2v) is 5.16. The Hall–Kier alpha value is -2.96. The second kappa shape index (κ2) is 6.43. The number of nitrogens with one attached hydrogen (secondary N) is 1. The normalized spacial score (nSPS) is 12.2. The van der Waals surface area contributed by atoms with Gasteiger partial charge in [0.15, 0.2) is 6.10 Å². The average Bonchev–Trinajstić information content (AvgIpc) is 3.21. The Morgan fingerprint density at radius 2 is 2.17 bits per heavy atom. The molecule has 3 aromatic rings. The Morgan fingerprint density at radius 3 is 2.96 bits per heavy atom. The molecule has 0 aliphatic rings. The lowest BCUT2D eigenvalue weighted by atomic mass is 10.1. The van der Waals surface area contributed by atoms with E-state index in [-0.39, 0.29) is 12.2 Å². The van der Waals surface area contributed by atoms with Crippen LogP contribution in [0.1, 0.15) is 23.7 Å². The SMILES string of the molecule is C[C@H](OC(=O)CCn1ccnn1)C(=O)c1c[nH]c2ccccc12. The van der Waals surface area contributed by atoms with Crippen LogP contribution in [-0.2, 0) is 16.1 Å². The summed E-state index contributed by atoms with van der Waals surface area (Å²) in [5, 5.41) is 8.24. The number of hydrogen-bond donors (Lipinski definition) is 1. The summed E-state index contributed by atoms with van der Waals surface area (Å²) in [4.78, 5) is 27.3. The summed E-state index contributed by atoms with van der Waals surface area (Å²) in [6, 6.07) is 7.50. The molecule has 0 spiro atoms. The minimum Gasteiger partial charge on any atom is -0.454 e. The molecule has 2 heterocycles. The Labute approximate surface area is 132 Å². The first kappa shape index (κ1) is 15.0. The highest BCUT2D eigenvalue weighted by molar-refractivity contribution is 6.10. The first-order chi connectivity index (χ1) is 11.1. The van der Waals surface area contributed by atoms with Gasteiger partial charge < -0.3 is 9.72 Å². The van der Waals surface area contributed by atoms with Crippen molar-refractivity contribution in [3.05, 3.63) is 48.4 Å². The van der Waals surface area contributed by atoms with Crippen LogP contribution in [0.15, 0.2) is 42.9 Å². The molecule has 118 valence electrons. The smallest absolute Gasteiger partial charge is 0.308 e. The van der Waals surface area contributed by atoms with Crippen molar-refractivity contribution in [3.8, 4) is 0 Å². The average molecular weight is 312 g/mol. The fourth-order valence-electron chi connectivity index (χ4n) is 2.36. The van der Waals surface area contributed by atoms with Gasteiger partial charge in [-0.1, -0.05) is 23.4 Å². The molecule has 7 heteroatoms. The van der Waals surface area contributed by atoms with Crippen molar-refractivity contribution in [1.82, 2.24) is 20.0 Å². The molecule has 0 aliphatic heterocycles. The highest BCUT2D eigenvalue weighted by atomic mass is 16.5. The van der Waals surface area contributed by atoms with Crippen LogP contribution in [0, 0.1) is 0 Å². The lowest BCUT2D eigenvalue weighted by molar-refractivity contribution is -0.146. The molecule has 0 radical (unpaired) electrons. The van der Waals surface area contributed by atoms with Gasteiger partial charge in [0.05, 0.1) is 19.2 Å². The van der Waals surface area contributed by atoms with Crippen molar-refractivity contribution in [3.63, 3.8) is 0 Å². The zero-order valence-electron chi connectivity index (χ0n) is 12.6. The number of benzene rings is 1. The summed E-state index contributed by atoms with van der Waals surface area (Å²) in [7, 11) is 0. The van der Waals surface area contributed by atoms with Gasteiger partial charge in [-0.2, -0.15) is 0 Å². The minimum atomic E-state index is -0.836. The summed E-state index contributed by atoms with van der Waals surface area (Å²) in [5.74, 6) is -0.669. The van der Waals surface area contributed by atoms with Crippen LogP contribution in [0.5, 0.6) is 0 Å². The fourth-order valence-corrected chi connectivity index (χ4v) is 2.36. The van der Waals surface area contributed by atoms with Gasteiger partial charge in [0.2, 0.25) is 5.78 Å². The maximum Gasteiger partial charge on any atom is 0.308 e. The quantitative estimate of drug-likeness (QED) is 0.555. The molecular weight excluding hydrogens is 296 g/mol. The van der Waals surface area contributed by atoms with Crippen molar-refractivity contribution in [2.24, 2.45) is 0 Å². The van der Waals surface area contributed by atoms with Crippen molar-refractivity contribution < 1.29 is 14.3 Å². The van der Waals surface area contributed by atoms with E-state index in [2.05, 4.69) is 15.3 Å². The number of Topliss-reactive ketones (excluding diaryl/α,β-unsaturated/α-hetero) is 1. The molecule has 0 saturated heterocycles. The largest absolute Gasteiger partial charge is 0.454 e. The zero-order valence-corrected chi connectivity index (χ0v) is 12.6. The molecule has 0 unspecified atom stereocenters. The van der Waals surface area contributed by atoms with Gasteiger partial charge in [-0.25, -0.2) is 0 Å². The molecule has 1 N–H and O–H groups in total. The molecule has 0 bridgehead atoms. The summed E-state index contributed by atoms with van der Waals surface area (Å²) in [6.07, 6.45) is 4.14. The lowest BCUT2D eigenvalue weighted by Gasteiger charge is -2.11. The van der Waals surface area contributed by atoms with E-state index in [1.165, 1.54) is 10.9 Å². The first-order valence-electron chi connectivity index (χ1n) is 7.29. The van der Waals surface area contributed by atoms with Crippen molar-refractivity contribution in [2.75, 3.05) is 0 Å². The molecule has 1 aromatic carbocycles. The number of H-pyrrole nitrogens is 1. The number of aryl methyl sites for hydroxylation is 1. The van der Waals surface area contributed by atoms with Crippen LogP contribution in [0.25, 0.3) is 10.9 Å². The molecule has 0 aliphatic carbocycles. The molecule has 7 nitrogen and oxygen atoms in total. The molecule has 1 atom stereocenters. The van der Waals surface area contributed by atoms with E-state index in [0.29, 0.717) is 12.1 Å². The molecule has 0 saturated carbocycles. The number of fused-ring (bicyclic) bond motifs is 1. The third kappa shape index (κ3) is 3.28. The summed E-state index contributed by atoms with van der Waals surface area (Å²) in [6.45, 7) is 1.95. The van der Waals surface area contributed by atoms with Gasteiger partial charge in [-0.3, -0.25) is 14.3 Å². The van der Waals surface area contributed by atoms with E-state index in [4.69, 9.17) is 4.74 Å². The van der Waals surface area contributed by atoms with Gasteiger partial charge >= 0.3 is 5.97 Å². The molecule has 0 amide bonds. The maximum atomic E-state index is 12.5. The van der Waals surface area contributed by atoms with Crippen LogP contribution >= 0.6 is 0 Å². The first-order valence-corrected chi connectivity index (χ1v) is 7.29. The van der Waals surface area contributed by atoms with E-state index in [9.17, 15) is 9.59 Å². The monoisotopic (exact) mass is 312 g/mol. The Morgan fingerprint density at radius 1 is 1.35 bits per heavy atom. The third-order valence-corrected chi connectivity index (χ3v) is 3.55. The van der Waals surface area contributed by atoms with Crippen LogP contribution in [0.4, 0.5) is 0 Å². The van der Waals surface area contributed by atoms with Crippen molar-refractivity contribution >= 4 is 22.7 Å². The van der Waals surface area contributed by atoms with Crippen molar-refractivity contribution in [2.45, 2.75) is 26.0 Å². The zero-order chi connectivity index (χ0) is 16.2. The Balaban J connectivity index is 1.62. The van der Waals surface area contributed by atoms with E-state index in [0.717, 1.165) is 10.9 Å². The number of aromatic nitrogens is 4. The number of carbonyl (C=O) groups excluding carboxylic acids is 2. The van der Waals surface area contributed by atoms with Gasteiger partial charge in [0.25, 0.3) is 0 Å². The number of rotatable bonds is 6. The Kier molecular flexibility index (Phi) is 4.18. The van der Waals surface area contributed by atoms with Gasteiger partial charge in [0, 0.05) is 28.9 Å². The predicted molar refractivity (Wildman–Crippen MR) is 82.8 cm³/mol. The van der Waals surface area contributed by atoms with Crippen LogP contribution in [0.2, 0.25) is 0 Å².